The van der Waals surface area contributed by atoms with Gasteiger partial charge in [-0.1, -0.05) is 118 Å². The van der Waals surface area contributed by atoms with Crippen molar-refractivity contribution in [3.63, 3.8) is 0 Å². The van der Waals surface area contributed by atoms with Gasteiger partial charge in [-0.15, -0.1) is 0 Å². The van der Waals surface area contributed by atoms with Gasteiger partial charge < -0.3 is 47.3 Å². The number of aryl methyl sites for hydroxylation is 4. The number of rotatable bonds is 12. The summed E-state index contributed by atoms with van der Waals surface area (Å²) in [5, 5.41) is 46.1. The average molecular weight is 1190 g/mol. The van der Waals surface area contributed by atoms with Crippen LogP contribution >= 0.6 is 23.2 Å². The van der Waals surface area contributed by atoms with Gasteiger partial charge in [-0.25, -0.2) is 9.59 Å². The fraction of sp³-hybridized carbons (Fsp3) is 0.242. The Morgan fingerprint density at radius 1 is 0.523 bits per heavy atom. The molecule has 14 rings (SSSR count). The molecule has 0 fully saturated rings. The van der Waals surface area contributed by atoms with Crippen LogP contribution in [0.1, 0.15) is 90.2 Å². The summed E-state index contributed by atoms with van der Waals surface area (Å²) in [5.41, 5.74) is 12.5. The summed E-state index contributed by atoms with van der Waals surface area (Å²) in [7, 11) is 3.75. The lowest BCUT2D eigenvalue weighted by Crippen LogP contribution is -2.13. The van der Waals surface area contributed by atoms with Gasteiger partial charge in [-0.05, 0) is 85.7 Å². The highest BCUT2D eigenvalue weighted by Gasteiger charge is 2.32. The van der Waals surface area contributed by atoms with Crippen LogP contribution in [-0.2, 0) is 75.9 Å². The average Bonchev–Trinajstić information content (AvgIpc) is 1.69. The fourth-order valence-corrected chi connectivity index (χ4v) is 12.9. The molecule has 0 spiro atoms. The third-order valence-electron chi connectivity index (χ3n) is 16.5. The summed E-state index contributed by atoms with van der Waals surface area (Å²) < 4.78 is 42.3. The van der Waals surface area contributed by atoms with Gasteiger partial charge in [0.05, 0.1) is 85.2 Å². The van der Waals surface area contributed by atoms with Gasteiger partial charge in [0.25, 0.3) is 0 Å². The minimum absolute atomic E-state index is 0.182. The first kappa shape index (κ1) is 56.0. The summed E-state index contributed by atoms with van der Waals surface area (Å²) >= 11 is 13.9. The summed E-state index contributed by atoms with van der Waals surface area (Å²) in [6.07, 6.45) is 5.31. The van der Waals surface area contributed by atoms with Crippen molar-refractivity contribution in [1.29, 1.82) is 0 Å². The number of fused-ring (bicyclic) bond motifs is 8. The van der Waals surface area contributed by atoms with E-state index in [0.29, 0.717) is 60.3 Å². The highest BCUT2D eigenvalue weighted by molar-refractivity contribution is 6.36. The van der Waals surface area contributed by atoms with Crippen LogP contribution in [0.25, 0.3) is 65.6 Å². The van der Waals surface area contributed by atoms with Gasteiger partial charge in [0.2, 0.25) is 0 Å². The summed E-state index contributed by atoms with van der Waals surface area (Å²) in [6.45, 7) is 6.17. The van der Waals surface area contributed by atoms with E-state index in [1.165, 1.54) is 0 Å². The molecule has 2 aliphatic rings. The molecular weight excluding hydrogens is 1140 g/mol. The van der Waals surface area contributed by atoms with Crippen LogP contribution in [0.5, 0.6) is 11.5 Å². The number of ether oxygens (including phenoxy) is 4. The van der Waals surface area contributed by atoms with Crippen LogP contribution in [0.3, 0.4) is 0 Å². The molecule has 20 heteroatoms. The van der Waals surface area contributed by atoms with E-state index < -0.39 is 11.9 Å². The molecule has 6 aromatic carbocycles. The molecule has 0 amide bonds. The van der Waals surface area contributed by atoms with Crippen molar-refractivity contribution in [1.82, 2.24) is 39.0 Å². The van der Waals surface area contributed by atoms with Gasteiger partial charge in [0.15, 0.2) is 0 Å². The number of aromatic carboxylic acids is 2. The lowest BCUT2D eigenvalue weighted by atomic mass is 9.98. The van der Waals surface area contributed by atoms with E-state index >= 15 is 0 Å². The molecule has 0 radical (unpaired) electrons. The maximum absolute atomic E-state index is 13.0. The van der Waals surface area contributed by atoms with Crippen molar-refractivity contribution >= 4 is 78.5 Å². The molecule has 2 N–H and O–H groups in total. The first-order valence-corrected chi connectivity index (χ1v) is 29.0. The molecule has 436 valence electrons. The molecule has 18 nitrogen and oxygen atoms in total. The second-order valence-corrected chi connectivity index (χ2v) is 22.4. The highest BCUT2D eigenvalue weighted by atomic mass is 35.5. The Balaban J connectivity index is 0.000000160. The van der Waals surface area contributed by atoms with E-state index in [-0.39, 0.29) is 50.9 Å². The zero-order valence-electron chi connectivity index (χ0n) is 47.5. The Morgan fingerprint density at radius 3 is 1.50 bits per heavy atom. The molecule has 86 heavy (non-hydrogen) atoms. The topological polar surface area (TPSA) is 209 Å². The first-order valence-electron chi connectivity index (χ1n) is 28.2. The molecule has 2 aliphatic heterocycles. The standard InChI is InChI=1S/2C33H29ClN4O5/c1-19-29-27(35-37(19)2)18-41-16-21-17-43-36-26(21)15-38-31-24(12-13-25(34)30(29)31)23(32(38)33(39)40)10-6-14-42-28-11-5-8-20-7-3-4-9-22(20)28;1-19-29-27(35-37(19)2)18-41-17-26-21(16-43-36-26)15-38-31-24(12-13-25(34)30(29)31)23(32(38)33(39)40)10-6-14-42-28-11-5-8-20-7-3-4-9-22(20)28/h3-5,7-9,11-13,17H,6,10,14-16,18H2,1-2H3,(H,39,40);3-5,7-9,11-13,16H,6,10,14-15,17-18H2,1-2H3,(H,39,40). The van der Waals surface area contributed by atoms with Crippen molar-refractivity contribution in [2.24, 2.45) is 14.1 Å². The number of carboxylic acids is 2. The molecule has 0 aliphatic carbocycles. The zero-order chi connectivity index (χ0) is 59.3. The number of carboxylic acid groups (broad SMARTS) is 2. The predicted octanol–water partition coefficient (Wildman–Crippen LogP) is 13.9. The van der Waals surface area contributed by atoms with E-state index in [0.717, 1.165) is 122 Å². The van der Waals surface area contributed by atoms with E-state index in [1.54, 1.807) is 21.9 Å². The smallest absolute Gasteiger partial charge is 0.352 e. The van der Waals surface area contributed by atoms with Crippen molar-refractivity contribution < 1.29 is 47.8 Å². The number of aromatic nitrogens is 8. The molecule has 0 atom stereocenters. The first-order chi connectivity index (χ1) is 41.8. The molecule has 0 unspecified atom stereocenters. The molecule has 12 aromatic rings. The number of hydrogen-bond acceptors (Lipinski definition) is 12. The van der Waals surface area contributed by atoms with Crippen molar-refractivity contribution in [3.8, 4) is 33.8 Å². The number of halogens is 2. The number of hydrogen-bond donors (Lipinski definition) is 2. The molecule has 0 saturated carbocycles. The fourth-order valence-electron chi connectivity index (χ4n) is 12.4. The van der Waals surface area contributed by atoms with Gasteiger partial charge in [-0.3, -0.25) is 9.36 Å². The van der Waals surface area contributed by atoms with E-state index in [9.17, 15) is 19.8 Å². The monoisotopic (exact) mass is 1190 g/mol. The van der Waals surface area contributed by atoms with Crippen LogP contribution in [0.2, 0.25) is 10.0 Å². The van der Waals surface area contributed by atoms with Gasteiger partial charge in [-0.2, -0.15) is 10.2 Å². The molecule has 0 bridgehead atoms. The van der Waals surface area contributed by atoms with Crippen LogP contribution in [0, 0.1) is 13.8 Å². The molecule has 0 saturated heterocycles. The predicted molar refractivity (Wildman–Crippen MR) is 325 cm³/mol. The van der Waals surface area contributed by atoms with E-state index in [4.69, 9.17) is 61.4 Å². The maximum atomic E-state index is 13.0. The normalized spacial score (nSPS) is 13.1. The largest absolute Gasteiger partial charge is 0.493 e. The highest BCUT2D eigenvalue weighted by Crippen LogP contribution is 2.45. The number of carbonyl (C=O) groups is 2. The number of benzene rings is 6. The van der Waals surface area contributed by atoms with Crippen LogP contribution < -0.4 is 9.47 Å². The Kier molecular flexibility index (Phi) is 15.2. The van der Waals surface area contributed by atoms with Crippen molar-refractivity contribution in [3.05, 3.63) is 200 Å². The maximum Gasteiger partial charge on any atom is 0.352 e. The molecule has 6 aromatic heterocycles. The van der Waals surface area contributed by atoms with Gasteiger partial charge in [0, 0.05) is 80.4 Å². The summed E-state index contributed by atoms with van der Waals surface area (Å²) in [4.78, 5) is 26.0. The lowest BCUT2D eigenvalue weighted by molar-refractivity contribution is 0.0674. The second kappa shape index (κ2) is 23.3. The van der Waals surface area contributed by atoms with Crippen molar-refractivity contribution in [2.45, 2.75) is 79.0 Å². The third kappa shape index (κ3) is 10.1. The SMILES string of the molecule is Cc1c2c(nn1C)COCc1conc1Cn1c(C(=O)O)c(CCCOc3cccc4ccccc34)c3ccc(Cl)c-2c31.Cc1c2c(nn1C)COCc1nocc1Cn1c(C(=O)O)c(CCCOc3cccc4ccccc34)c3ccc(Cl)c-2c31. The van der Waals surface area contributed by atoms with Gasteiger partial charge >= 0.3 is 11.9 Å². The molecular formula is C66H58Cl2N8O10. The van der Waals surface area contributed by atoms with Crippen LogP contribution in [0.15, 0.2) is 131 Å². The van der Waals surface area contributed by atoms with E-state index in [2.05, 4.69) is 34.6 Å². The minimum Gasteiger partial charge on any atom is -0.493 e. The zero-order valence-corrected chi connectivity index (χ0v) is 49.0. The molecule has 8 heterocycles. The minimum atomic E-state index is -1.03. The van der Waals surface area contributed by atoms with Gasteiger partial charge in [0.1, 0.15) is 46.8 Å². The summed E-state index contributed by atoms with van der Waals surface area (Å²) in [6, 6.07) is 35.7. The number of nitrogens with zero attached hydrogens (tertiary/aromatic N) is 8. The third-order valence-corrected chi connectivity index (χ3v) is 17.1. The Labute approximate surface area is 502 Å². The lowest BCUT2D eigenvalue weighted by Gasteiger charge is -2.13. The Morgan fingerprint density at radius 2 is 0.977 bits per heavy atom. The van der Waals surface area contributed by atoms with Crippen LogP contribution in [0.4, 0.5) is 0 Å². The van der Waals surface area contributed by atoms with E-state index in [1.807, 2.05) is 122 Å². The Bertz CT molecular complexity index is 4320. The summed E-state index contributed by atoms with van der Waals surface area (Å²) in [5.74, 6) is -0.426. The second-order valence-electron chi connectivity index (χ2n) is 21.6. The van der Waals surface area contributed by atoms with Crippen LogP contribution in [-0.4, -0.2) is 74.4 Å². The van der Waals surface area contributed by atoms with Crippen molar-refractivity contribution in [2.75, 3.05) is 13.2 Å². The quantitative estimate of drug-likeness (QED) is 0.109. The Hall–Kier alpha value is -9.20.